The summed E-state index contributed by atoms with van der Waals surface area (Å²) in [4.78, 5) is 14.8. The number of nitrogens with two attached hydrogens (primary N) is 1. The highest BCUT2D eigenvalue weighted by Crippen LogP contribution is 2.08. The molecular weight excluding hydrogens is 216 g/mol. The molecule has 0 aliphatic rings. The fourth-order valence-electron chi connectivity index (χ4n) is 1.51. The van der Waals surface area contributed by atoms with Gasteiger partial charge in [-0.3, -0.25) is 0 Å². The van der Waals surface area contributed by atoms with E-state index < -0.39 is 0 Å². The van der Waals surface area contributed by atoms with Crippen molar-refractivity contribution in [2.24, 2.45) is 12.8 Å². The summed E-state index contributed by atoms with van der Waals surface area (Å²) in [6.45, 7) is 1.09. The van der Waals surface area contributed by atoms with E-state index in [9.17, 15) is 0 Å². The number of hydrogen-bond acceptors (Lipinski definition) is 5. The second kappa shape index (κ2) is 4.92. The first-order chi connectivity index (χ1) is 8.20. The van der Waals surface area contributed by atoms with E-state index in [0.29, 0.717) is 19.0 Å². The Kier molecular flexibility index (Phi) is 3.34. The molecule has 0 radical (unpaired) electrons. The van der Waals surface area contributed by atoms with Crippen molar-refractivity contribution in [2.45, 2.75) is 13.1 Å². The van der Waals surface area contributed by atoms with Gasteiger partial charge in [0.05, 0.1) is 12.2 Å². The number of rotatable bonds is 4. The summed E-state index contributed by atoms with van der Waals surface area (Å²) in [5.74, 6) is 1.63. The molecule has 0 fully saturated rings. The van der Waals surface area contributed by atoms with Crippen LogP contribution in [0.1, 0.15) is 11.5 Å². The third-order valence-corrected chi connectivity index (χ3v) is 2.55. The molecule has 2 N–H and O–H groups in total. The summed E-state index contributed by atoms with van der Waals surface area (Å²) >= 11 is 0. The van der Waals surface area contributed by atoms with E-state index in [4.69, 9.17) is 5.73 Å². The molecule has 0 aliphatic carbocycles. The second-order valence-electron chi connectivity index (χ2n) is 3.86. The van der Waals surface area contributed by atoms with Gasteiger partial charge in [0.25, 0.3) is 0 Å². The molecular formula is C11H16N6. The molecule has 0 aromatic carbocycles. The smallest absolute Gasteiger partial charge is 0.225 e. The van der Waals surface area contributed by atoms with Crippen molar-refractivity contribution < 1.29 is 0 Å². The molecule has 17 heavy (non-hydrogen) atoms. The van der Waals surface area contributed by atoms with Gasteiger partial charge in [-0.2, -0.15) is 0 Å². The fraction of sp³-hybridized carbons (Fsp3) is 0.364. The maximum Gasteiger partial charge on any atom is 0.225 e. The van der Waals surface area contributed by atoms with Gasteiger partial charge in [-0.15, -0.1) is 0 Å². The highest BCUT2D eigenvalue weighted by Gasteiger charge is 2.08. The first kappa shape index (κ1) is 11.5. The van der Waals surface area contributed by atoms with Crippen molar-refractivity contribution in [3.8, 4) is 0 Å². The van der Waals surface area contributed by atoms with Crippen LogP contribution in [0, 0.1) is 0 Å². The number of nitrogens with zero attached hydrogens (tertiary/aromatic N) is 5. The summed E-state index contributed by atoms with van der Waals surface area (Å²) in [6.07, 6.45) is 5.42. The van der Waals surface area contributed by atoms with Crippen molar-refractivity contribution in [1.29, 1.82) is 0 Å². The first-order valence-corrected chi connectivity index (χ1v) is 5.40. The lowest BCUT2D eigenvalue weighted by molar-refractivity contribution is 0.743. The second-order valence-corrected chi connectivity index (χ2v) is 3.86. The predicted octanol–water partition coefficient (Wildman–Crippen LogP) is 0.305. The van der Waals surface area contributed by atoms with Crippen LogP contribution in [0.15, 0.2) is 24.7 Å². The Bertz CT molecular complexity index is 492. The summed E-state index contributed by atoms with van der Waals surface area (Å²) < 4.78 is 1.98. The van der Waals surface area contributed by atoms with E-state index in [1.165, 1.54) is 0 Å². The van der Waals surface area contributed by atoms with E-state index in [0.717, 1.165) is 11.5 Å². The Morgan fingerprint density at radius 3 is 2.82 bits per heavy atom. The molecule has 2 aromatic heterocycles. The summed E-state index contributed by atoms with van der Waals surface area (Å²) in [5.41, 5.74) is 6.39. The van der Waals surface area contributed by atoms with Crippen LogP contribution in [0.3, 0.4) is 0 Å². The van der Waals surface area contributed by atoms with Crippen molar-refractivity contribution in [1.82, 2.24) is 19.5 Å². The van der Waals surface area contributed by atoms with Crippen LogP contribution in [0.2, 0.25) is 0 Å². The Labute approximate surface area is 100 Å². The monoisotopic (exact) mass is 232 g/mol. The molecule has 2 aromatic rings. The molecule has 0 amide bonds. The van der Waals surface area contributed by atoms with E-state index in [-0.39, 0.29) is 0 Å². The largest absolute Gasteiger partial charge is 0.337 e. The highest BCUT2D eigenvalue weighted by molar-refractivity contribution is 5.29. The summed E-state index contributed by atoms with van der Waals surface area (Å²) in [7, 11) is 3.90. The van der Waals surface area contributed by atoms with Gasteiger partial charge in [-0.1, -0.05) is 0 Å². The van der Waals surface area contributed by atoms with Crippen molar-refractivity contribution >= 4 is 5.95 Å². The van der Waals surface area contributed by atoms with Gasteiger partial charge in [-0.25, -0.2) is 15.0 Å². The van der Waals surface area contributed by atoms with E-state index in [1.54, 1.807) is 12.4 Å². The molecule has 2 heterocycles. The molecule has 0 saturated heterocycles. The average molecular weight is 232 g/mol. The standard InChI is InChI=1S/C11H16N6/c1-16-6-5-13-10(16)8-17(2)11-14-4-3-9(7-12)15-11/h3-6H,7-8,12H2,1-2H3. The predicted molar refractivity (Wildman–Crippen MR) is 65.2 cm³/mol. The minimum absolute atomic E-state index is 0.422. The Hall–Kier alpha value is -1.95. The zero-order valence-electron chi connectivity index (χ0n) is 10.0. The number of aromatic nitrogens is 4. The minimum atomic E-state index is 0.422. The van der Waals surface area contributed by atoms with Crippen LogP contribution < -0.4 is 10.6 Å². The Morgan fingerprint density at radius 2 is 2.18 bits per heavy atom. The molecule has 0 unspecified atom stereocenters. The maximum atomic E-state index is 5.55. The zero-order chi connectivity index (χ0) is 12.3. The molecule has 6 heteroatoms. The molecule has 90 valence electrons. The molecule has 0 spiro atoms. The quantitative estimate of drug-likeness (QED) is 0.821. The normalized spacial score (nSPS) is 10.5. The highest BCUT2D eigenvalue weighted by atomic mass is 15.2. The van der Waals surface area contributed by atoms with Gasteiger partial charge in [0.15, 0.2) is 0 Å². The summed E-state index contributed by atoms with van der Waals surface area (Å²) in [5, 5.41) is 0. The lowest BCUT2D eigenvalue weighted by atomic mass is 10.4. The van der Waals surface area contributed by atoms with Crippen LogP contribution in [0.25, 0.3) is 0 Å². The van der Waals surface area contributed by atoms with Crippen LogP contribution >= 0.6 is 0 Å². The van der Waals surface area contributed by atoms with Crippen LogP contribution in [0.5, 0.6) is 0 Å². The van der Waals surface area contributed by atoms with Crippen LogP contribution in [-0.4, -0.2) is 26.6 Å². The average Bonchev–Trinajstić information content (AvgIpc) is 2.75. The van der Waals surface area contributed by atoms with Gasteiger partial charge < -0.3 is 15.2 Å². The molecule has 6 nitrogen and oxygen atoms in total. The number of hydrogen-bond donors (Lipinski definition) is 1. The SMILES string of the molecule is CN(Cc1nccn1C)c1nccc(CN)n1. The summed E-state index contributed by atoms with van der Waals surface area (Å²) in [6, 6.07) is 1.82. The van der Waals surface area contributed by atoms with E-state index in [1.807, 2.05) is 35.8 Å². The van der Waals surface area contributed by atoms with E-state index in [2.05, 4.69) is 15.0 Å². The third kappa shape index (κ3) is 2.59. The van der Waals surface area contributed by atoms with Crippen LogP contribution in [-0.2, 0) is 20.1 Å². The first-order valence-electron chi connectivity index (χ1n) is 5.40. The molecule has 0 saturated carbocycles. The fourth-order valence-corrected chi connectivity index (χ4v) is 1.51. The topological polar surface area (TPSA) is 72.9 Å². The molecule has 0 bridgehead atoms. The minimum Gasteiger partial charge on any atom is -0.337 e. The van der Waals surface area contributed by atoms with Crippen molar-refractivity contribution in [3.05, 3.63) is 36.2 Å². The number of imidazole rings is 1. The van der Waals surface area contributed by atoms with E-state index >= 15 is 0 Å². The molecule has 2 rings (SSSR count). The van der Waals surface area contributed by atoms with Gasteiger partial charge in [0, 0.05) is 39.2 Å². The molecule has 0 aliphatic heterocycles. The van der Waals surface area contributed by atoms with Gasteiger partial charge in [0.1, 0.15) is 5.82 Å². The zero-order valence-corrected chi connectivity index (χ0v) is 10.0. The maximum absolute atomic E-state index is 5.55. The van der Waals surface area contributed by atoms with Gasteiger partial charge in [0.2, 0.25) is 5.95 Å². The Balaban J connectivity index is 2.14. The number of aryl methyl sites for hydroxylation is 1. The lowest BCUT2D eigenvalue weighted by Crippen LogP contribution is -2.21. The third-order valence-electron chi connectivity index (χ3n) is 2.55. The molecule has 0 atom stereocenters. The Morgan fingerprint density at radius 1 is 1.35 bits per heavy atom. The van der Waals surface area contributed by atoms with Crippen LogP contribution in [0.4, 0.5) is 5.95 Å². The lowest BCUT2D eigenvalue weighted by Gasteiger charge is -2.16. The van der Waals surface area contributed by atoms with Crippen molar-refractivity contribution in [3.63, 3.8) is 0 Å². The number of anilines is 1. The van der Waals surface area contributed by atoms with Gasteiger partial charge in [-0.05, 0) is 6.07 Å². The van der Waals surface area contributed by atoms with Crippen molar-refractivity contribution in [2.75, 3.05) is 11.9 Å². The van der Waals surface area contributed by atoms with Gasteiger partial charge >= 0.3 is 0 Å².